The Morgan fingerprint density at radius 2 is 1.88 bits per heavy atom. The molecule has 0 spiro atoms. The quantitative estimate of drug-likeness (QED) is 0.659. The molecule has 0 aliphatic carbocycles. The van der Waals surface area contributed by atoms with E-state index in [1.807, 2.05) is 31.3 Å². The van der Waals surface area contributed by atoms with Gasteiger partial charge in [0.15, 0.2) is 0 Å². The highest BCUT2D eigenvalue weighted by Gasteiger charge is 2.11. The zero-order valence-corrected chi connectivity index (χ0v) is 15.7. The number of rotatable bonds is 6. The average molecular weight is 347 g/mol. The predicted molar refractivity (Wildman–Crippen MR) is 107 cm³/mol. The predicted octanol–water partition coefficient (Wildman–Crippen LogP) is 4.97. The van der Waals surface area contributed by atoms with Crippen LogP contribution in [0.4, 0.5) is 17.5 Å². The molecular weight excluding hydrogens is 322 g/mol. The Morgan fingerprint density at radius 1 is 1.04 bits per heavy atom. The summed E-state index contributed by atoms with van der Waals surface area (Å²) in [5.41, 5.74) is 5.62. The maximum atomic E-state index is 4.63. The molecule has 0 unspecified atom stereocenters. The molecule has 0 saturated heterocycles. The summed E-state index contributed by atoms with van der Waals surface area (Å²) in [6, 6.07) is 12.3. The van der Waals surface area contributed by atoms with Crippen molar-refractivity contribution in [3.8, 4) is 0 Å². The van der Waals surface area contributed by atoms with Gasteiger partial charge in [0.1, 0.15) is 5.82 Å². The van der Waals surface area contributed by atoms with Crippen LogP contribution < -0.4 is 10.6 Å². The summed E-state index contributed by atoms with van der Waals surface area (Å²) in [5.74, 6) is 1.84. The molecule has 1 aromatic carbocycles. The minimum absolute atomic E-state index is 0.434. The van der Waals surface area contributed by atoms with Crippen LogP contribution in [-0.2, 0) is 6.54 Å². The van der Waals surface area contributed by atoms with Crippen LogP contribution in [0.15, 0.2) is 48.8 Å². The zero-order chi connectivity index (χ0) is 18.5. The second kappa shape index (κ2) is 7.95. The standard InChI is InChI=1S/C21H25N5/c1-14(2)18-9-5-7-15(3)20(18)25-19-11-16(4)24-21(26-19)23-13-17-8-6-10-22-12-17/h5-12,14H,13H2,1-4H3,(H2,23,24,25,26). The molecule has 0 aliphatic rings. The van der Waals surface area contributed by atoms with E-state index in [-0.39, 0.29) is 0 Å². The van der Waals surface area contributed by atoms with E-state index in [0.717, 1.165) is 22.8 Å². The lowest BCUT2D eigenvalue weighted by atomic mass is 9.98. The van der Waals surface area contributed by atoms with Gasteiger partial charge in [0.25, 0.3) is 0 Å². The van der Waals surface area contributed by atoms with Crippen LogP contribution in [0.1, 0.15) is 42.1 Å². The lowest BCUT2D eigenvalue weighted by Gasteiger charge is -2.17. The van der Waals surface area contributed by atoms with Crippen LogP contribution in [0, 0.1) is 13.8 Å². The first-order valence-electron chi connectivity index (χ1n) is 8.88. The fourth-order valence-corrected chi connectivity index (χ4v) is 2.87. The third-order valence-electron chi connectivity index (χ3n) is 4.21. The van der Waals surface area contributed by atoms with Crippen molar-refractivity contribution >= 4 is 17.5 Å². The van der Waals surface area contributed by atoms with E-state index in [9.17, 15) is 0 Å². The molecular formula is C21H25N5. The molecule has 3 aromatic rings. The summed E-state index contributed by atoms with van der Waals surface area (Å²) in [5, 5.41) is 6.78. The van der Waals surface area contributed by atoms with Gasteiger partial charge in [-0.1, -0.05) is 38.1 Å². The topological polar surface area (TPSA) is 62.7 Å². The Bertz CT molecular complexity index is 875. The van der Waals surface area contributed by atoms with E-state index in [1.54, 1.807) is 6.20 Å². The summed E-state index contributed by atoms with van der Waals surface area (Å²) in [6.45, 7) is 9.13. The highest BCUT2D eigenvalue weighted by Crippen LogP contribution is 2.30. The fourth-order valence-electron chi connectivity index (χ4n) is 2.87. The van der Waals surface area contributed by atoms with Gasteiger partial charge in [0, 0.05) is 36.4 Å². The Balaban J connectivity index is 1.82. The van der Waals surface area contributed by atoms with Gasteiger partial charge < -0.3 is 10.6 Å². The van der Waals surface area contributed by atoms with Crippen molar-refractivity contribution in [3.05, 3.63) is 71.2 Å². The van der Waals surface area contributed by atoms with E-state index in [2.05, 4.69) is 64.6 Å². The number of pyridine rings is 1. The number of aromatic nitrogens is 3. The first-order chi connectivity index (χ1) is 12.5. The molecule has 0 saturated carbocycles. The van der Waals surface area contributed by atoms with Crippen molar-refractivity contribution in [2.75, 3.05) is 10.6 Å². The Hall–Kier alpha value is -2.95. The second-order valence-electron chi connectivity index (χ2n) is 6.75. The monoisotopic (exact) mass is 347 g/mol. The van der Waals surface area contributed by atoms with Crippen molar-refractivity contribution in [1.29, 1.82) is 0 Å². The van der Waals surface area contributed by atoms with Crippen LogP contribution in [0.5, 0.6) is 0 Å². The van der Waals surface area contributed by atoms with Gasteiger partial charge in [-0.2, -0.15) is 4.98 Å². The largest absolute Gasteiger partial charge is 0.350 e. The molecule has 26 heavy (non-hydrogen) atoms. The molecule has 0 bridgehead atoms. The molecule has 2 aromatic heterocycles. The minimum Gasteiger partial charge on any atom is -0.350 e. The number of hydrogen-bond acceptors (Lipinski definition) is 5. The zero-order valence-electron chi connectivity index (χ0n) is 15.7. The van der Waals surface area contributed by atoms with Gasteiger partial charge in [0.2, 0.25) is 5.95 Å². The molecule has 0 aliphatic heterocycles. The van der Waals surface area contributed by atoms with Gasteiger partial charge in [0.05, 0.1) is 0 Å². The molecule has 5 nitrogen and oxygen atoms in total. The maximum absolute atomic E-state index is 4.63. The summed E-state index contributed by atoms with van der Waals surface area (Å²) in [6.07, 6.45) is 3.60. The molecule has 2 N–H and O–H groups in total. The van der Waals surface area contributed by atoms with Crippen LogP contribution in [0.3, 0.4) is 0 Å². The summed E-state index contributed by atoms with van der Waals surface area (Å²) >= 11 is 0. The van der Waals surface area contributed by atoms with Crippen molar-refractivity contribution in [2.24, 2.45) is 0 Å². The van der Waals surface area contributed by atoms with Crippen LogP contribution in [-0.4, -0.2) is 15.0 Å². The highest BCUT2D eigenvalue weighted by molar-refractivity contribution is 5.66. The highest BCUT2D eigenvalue weighted by atomic mass is 15.1. The Labute approximate surface area is 154 Å². The number of para-hydroxylation sites is 1. The lowest BCUT2D eigenvalue weighted by Crippen LogP contribution is -2.07. The average Bonchev–Trinajstić information content (AvgIpc) is 2.62. The number of benzene rings is 1. The van der Waals surface area contributed by atoms with E-state index in [0.29, 0.717) is 18.4 Å². The number of nitrogens with one attached hydrogen (secondary N) is 2. The molecule has 0 radical (unpaired) electrons. The third kappa shape index (κ3) is 4.36. The van der Waals surface area contributed by atoms with Crippen LogP contribution in [0.25, 0.3) is 0 Å². The lowest BCUT2D eigenvalue weighted by molar-refractivity contribution is 0.867. The number of hydrogen-bond donors (Lipinski definition) is 2. The van der Waals surface area contributed by atoms with Crippen LogP contribution >= 0.6 is 0 Å². The van der Waals surface area contributed by atoms with Crippen LogP contribution in [0.2, 0.25) is 0 Å². The van der Waals surface area contributed by atoms with Gasteiger partial charge in [-0.15, -0.1) is 0 Å². The fraction of sp³-hybridized carbons (Fsp3) is 0.286. The smallest absolute Gasteiger partial charge is 0.225 e. The molecule has 5 heteroatoms. The normalized spacial score (nSPS) is 10.8. The van der Waals surface area contributed by atoms with Gasteiger partial charge in [-0.3, -0.25) is 4.98 Å². The van der Waals surface area contributed by atoms with E-state index >= 15 is 0 Å². The SMILES string of the molecule is Cc1cc(Nc2c(C)cccc2C(C)C)nc(NCc2cccnc2)n1. The first kappa shape index (κ1) is 17.9. The van der Waals surface area contributed by atoms with Crippen molar-refractivity contribution in [2.45, 2.75) is 40.2 Å². The molecule has 2 heterocycles. The summed E-state index contributed by atoms with van der Waals surface area (Å²) in [7, 11) is 0. The number of aryl methyl sites for hydroxylation is 2. The van der Waals surface area contributed by atoms with Gasteiger partial charge in [-0.25, -0.2) is 4.98 Å². The summed E-state index contributed by atoms with van der Waals surface area (Å²) < 4.78 is 0. The van der Waals surface area contributed by atoms with E-state index < -0.39 is 0 Å². The Morgan fingerprint density at radius 3 is 2.62 bits per heavy atom. The summed E-state index contributed by atoms with van der Waals surface area (Å²) in [4.78, 5) is 13.3. The van der Waals surface area contributed by atoms with Crippen molar-refractivity contribution in [1.82, 2.24) is 15.0 Å². The number of anilines is 3. The molecule has 0 fully saturated rings. The first-order valence-corrected chi connectivity index (χ1v) is 8.88. The Kier molecular flexibility index (Phi) is 5.46. The maximum Gasteiger partial charge on any atom is 0.225 e. The van der Waals surface area contributed by atoms with Crippen molar-refractivity contribution < 1.29 is 0 Å². The molecule has 0 atom stereocenters. The van der Waals surface area contributed by atoms with E-state index in [4.69, 9.17) is 0 Å². The number of nitrogens with zero attached hydrogens (tertiary/aromatic N) is 3. The second-order valence-corrected chi connectivity index (χ2v) is 6.75. The third-order valence-corrected chi connectivity index (χ3v) is 4.21. The molecule has 134 valence electrons. The van der Waals surface area contributed by atoms with Crippen molar-refractivity contribution in [3.63, 3.8) is 0 Å². The van der Waals surface area contributed by atoms with Gasteiger partial charge in [-0.05, 0) is 42.5 Å². The minimum atomic E-state index is 0.434. The van der Waals surface area contributed by atoms with Gasteiger partial charge >= 0.3 is 0 Å². The molecule has 0 amide bonds. The van der Waals surface area contributed by atoms with E-state index in [1.165, 1.54) is 11.1 Å². The molecule has 3 rings (SSSR count).